The van der Waals surface area contributed by atoms with Gasteiger partial charge < -0.3 is 9.64 Å². The molecule has 0 radical (unpaired) electrons. The van der Waals surface area contributed by atoms with E-state index in [0.717, 1.165) is 22.4 Å². The molecule has 2 aromatic heterocycles. The van der Waals surface area contributed by atoms with Crippen molar-refractivity contribution in [2.45, 2.75) is 12.6 Å². The number of carbonyl (C=O) groups excluding carboxylic acids is 1. The van der Waals surface area contributed by atoms with Gasteiger partial charge in [0.1, 0.15) is 12.4 Å². The third-order valence-electron chi connectivity index (χ3n) is 4.62. The molecular formula is C21H18FN3O2. The Balaban J connectivity index is 1.72. The number of pyridine rings is 2. The average Bonchev–Trinajstić information content (AvgIpc) is 2.71. The number of hydrogen-bond acceptors (Lipinski definition) is 4. The zero-order chi connectivity index (χ0) is 18.6. The predicted molar refractivity (Wildman–Crippen MR) is 98.0 cm³/mol. The molecule has 0 aliphatic carbocycles. The summed E-state index contributed by atoms with van der Waals surface area (Å²) >= 11 is 0. The van der Waals surface area contributed by atoms with Crippen LogP contribution in [0, 0.1) is 5.82 Å². The third kappa shape index (κ3) is 3.71. The summed E-state index contributed by atoms with van der Waals surface area (Å²) in [6, 6.07) is 13.5. The van der Waals surface area contributed by atoms with Gasteiger partial charge in [-0.05, 0) is 41.5 Å². The molecule has 5 nitrogen and oxygen atoms in total. The van der Waals surface area contributed by atoms with Gasteiger partial charge in [0.15, 0.2) is 0 Å². The summed E-state index contributed by atoms with van der Waals surface area (Å²) in [5, 5.41) is 0. The van der Waals surface area contributed by atoms with E-state index in [1.807, 2.05) is 24.3 Å². The zero-order valence-electron chi connectivity index (χ0n) is 14.6. The van der Waals surface area contributed by atoms with E-state index in [4.69, 9.17) is 4.74 Å². The van der Waals surface area contributed by atoms with E-state index in [9.17, 15) is 9.18 Å². The maximum absolute atomic E-state index is 13.3. The molecule has 0 bridgehead atoms. The molecule has 1 aliphatic heterocycles. The number of ether oxygens (including phenoxy) is 1. The highest BCUT2D eigenvalue weighted by Crippen LogP contribution is 2.33. The molecule has 136 valence electrons. The van der Waals surface area contributed by atoms with Gasteiger partial charge in [0.05, 0.1) is 24.9 Å². The standard InChI is InChI=1S/C21H18FN3O2/c22-16-6-4-15(5-7-16)18-8-10-23-11-19(18)20-13-27-14-21(26)25(20)12-17-3-1-2-9-24-17/h1-11,20H,12-14H2. The Kier molecular flexibility index (Phi) is 4.89. The number of hydrogen-bond donors (Lipinski definition) is 0. The summed E-state index contributed by atoms with van der Waals surface area (Å²) in [6.45, 7) is 0.819. The van der Waals surface area contributed by atoms with Crippen LogP contribution >= 0.6 is 0 Å². The number of carbonyl (C=O) groups is 1. The Morgan fingerprint density at radius 1 is 1.11 bits per heavy atom. The van der Waals surface area contributed by atoms with Crippen molar-refractivity contribution in [3.05, 3.63) is 84.2 Å². The SMILES string of the molecule is O=C1COCC(c2cnccc2-c2ccc(F)cc2)N1Cc1ccccn1. The zero-order valence-corrected chi connectivity index (χ0v) is 14.6. The molecule has 1 fully saturated rings. The molecule has 1 amide bonds. The first-order chi connectivity index (χ1) is 13.2. The first kappa shape index (κ1) is 17.3. The van der Waals surface area contributed by atoms with E-state index in [2.05, 4.69) is 9.97 Å². The number of rotatable bonds is 4. The van der Waals surface area contributed by atoms with Gasteiger partial charge in [-0.25, -0.2) is 4.39 Å². The molecule has 0 saturated carbocycles. The van der Waals surface area contributed by atoms with Crippen molar-refractivity contribution in [3.63, 3.8) is 0 Å². The Morgan fingerprint density at radius 2 is 1.96 bits per heavy atom. The van der Waals surface area contributed by atoms with Gasteiger partial charge in [0.25, 0.3) is 0 Å². The monoisotopic (exact) mass is 363 g/mol. The van der Waals surface area contributed by atoms with Gasteiger partial charge in [-0.3, -0.25) is 14.8 Å². The molecule has 1 saturated heterocycles. The Labute approximate surface area is 156 Å². The molecule has 3 aromatic rings. The molecule has 1 atom stereocenters. The number of amides is 1. The fourth-order valence-corrected chi connectivity index (χ4v) is 3.29. The van der Waals surface area contributed by atoms with Crippen LogP contribution in [0.1, 0.15) is 17.3 Å². The summed E-state index contributed by atoms with van der Waals surface area (Å²) in [4.78, 5) is 22.9. The maximum Gasteiger partial charge on any atom is 0.249 e. The minimum absolute atomic E-state index is 0.0511. The van der Waals surface area contributed by atoms with Crippen LogP contribution in [0.2, 0.25) is 0 Å². The molecular weight excluding hydrogens is 345 g/mol. The van der Waals surface area contributed by atoms with E-state index in [1.165, 1.54) is 12.1 Å². The highest BCUT2D eigenvalue weighted by molar-refractivity contribution is 5.79. The van der Waals surface area contributed by atoms with E-state index in [1.54, 1.807) is 35.6 Å². The number of nitrogens with zero attached hydrogens (tertiary/aromatic N) is 3. The highest BCUT2D eigenvalue weighted by atomic mass is 19.1. The third-order valence-corrected chi connectivity index (χ3v) is 4.62. The van der Waals surface area contributed by atoms with E-state index < -0.39 is 0 Å². The van der Waals surface area contributed by atoms with Gasteiger partial charge in [0, 0.05) is 24.2 Å². The molecule has 6 heteroatoms. The molecule has 1 aliphatic rings. The summed E-state index contributed by atoms with van der Waals surface area (Å²) < 4.78 is 18.8. The molecule has 27 heavy (non-hydrogen) atoms. The van der Waals surface area contributed by atoms with E-state index in [-0.39, 0.29) is 24.4 Å². The topological polar surface area (TPSA) is 55.3 Å². The van der Waals surface area contributed by atoms with Crippen molar-refractivity contribution in [2.75, 3.05) is 13.2 Å². The van der Waals surface area contributed by atoms with Crippen LogP contribution < -0.4 is 0 Å². The molecule has 0 N–H and O–H groups in total. The lowest BCUT2D eigenvalue weighted by atomic mass is 9.95. The van der Waals surface area contributed by atoms with E-state index in [0.29, 0.717) is 13.2 Å². The van der Waals surface area contributed by atoms with Gasteiger partial charge in [-0.1, -0.05) is 18.2 Å². The summed E-state index contributed by atoms with van der Waals surface area (Å²) in [5.41, 5.74) is 3.45. The van der Waals surface area contributed by atoms with Crippen LogP contribution in [0.15, 0.2) is 67.1 Å². The average molecular weight is 363 g/mol. The second-order valence-electron chi connectivity index (χ2n) is 6.34. The highest BCUT2D eigenvalue weighted by Gasteiger charge is 2.32. The van der Waals surface area contributed by atoms with Crippen molar-refractivity contribution in [1.82, 2.24) is 14.9 Å². The van der Waals surface area contributed by atoms with Crippen molar-refractivity contribution in [2.24, 2.45) is 0 Å². The Morgan fingerprint density at radius 3 is 2.74 bits per heavy atom. The van der Waals surface area contributed by atoms with Crippen LogP contribution in [0.3, 0.4) is 0 Å². The fourth-order valence-electron chi connectivity index (χ4n) is 3.29. The second-order valence-corrected chi connectivity index (χ2v) is 6.34. The lowest BCUT2D eigenvalue weighted by molar-refractivity contribution is -0.149. The van der Waals surface area contributed by atoms with Crippen LogP contribution in [-0.2, 0) is 16.1 Å². The van der Waals surface area contributed by atoms with Crippen LogP contribution in [-0.4, -0.2) is 34.0 Å². The fraction of sp³-hybridized carbons (Fsp3) is 0.190. The molecule has 4 rings (SSSR count). The Bertz CT molecular complexity index is 932. The van der Waals surface area contributed by atoms with Crippen LogP contribution in [0.25, 0.3) is 11.1 Å². The van der Waals surface area contributed by atoms with E-state index >= 15 is 0 Å². The predicted octanol–water partition coefficient (Wildman–Crippen LogP) is 3.38. The smallest absolute Gasteiger partial charge is 0.249 e. The number of aromatic nitrogens is 2. The summed E-state index contributed by atoms with van der Waals surface area (Å²) in [7, 11) is 0. The van der Waals surface area contributed by atoms with Gasteiger partial charge >= 0.3 is 0 Å². The molecule has 0 spiro atoms. The van der Waals surface area contributed by atoms with Gasteiger partial charge in [-0.2, -0.15) is 0 Å². The summed E-state index contributed by atoms with van der Waals surface area (Å²) in [5.74, 6) is -0.381. The van der Waals surface area contributed by atoms with Crippen LogP contribution in [0.5, 0.6) is 0 Å². The number of morpholine rings is 1. The lowest BCUT2D eigenvalue weighted by Crippen LogP contribution is -2.44. The van der Waals surface area contributed by atoms with Crippen molar-refractivity contribution < 1.29 is 13.9 Å². The normalized spacial score (nSPS) is 17.1. The van der Waals surface area contributed by atoms with Crippen molar-refractivity contribution >= 4 is 5.91 Å². The van der Waals surface area contributed by atoms with Gasteiger partial charge in [0.2, 0.25) is 5.91 Å². The summed E-state index contributed by atoms with van der Waals surface area (Å²) in [6.07, 6.45) is 5.15. The molecule has 3 heterocycles. The first-order valence-corrected chi connectivity index (χ1v) is 8.69. The first-order valence-electron chi connectivity index (χ1n) is 8.69. The second kappa shape index (κ2) is 7.63. The number of halogens is 1. The largest absolute Gasteiger partial charge is 0.369 e. The minimum atomic E-state index is -0.290. The lowest BCUT2D eigenvalue weighted by Gasteiger charge is -2.36. The quantitative estimate of drug-likeness (QED) is 0.713. The van der Waals surface area contributed by atoms with Crippen molar-refractivity contribution in [1.29, 1.82) is 0 Å². The van der Waals surface area contributed by atoms with Crippen molar-refractivity contribution in [3.8, 4) is 11.1 Å². The van der Waals surface area contributed by atoms with Gasteiger partial charge in [-0.15, -0.1) is 0 Å². The molecule has 1 aromatic carbocycles. The maximum atomic E-state index is 13.3. The number of benzene rings is 1. The minimum Gasteiger partial charge on any atom is -0.369 e. The molecule has 1 unspecified atom stereocenters. The van der Waals surface area contributed by atoms with Crippen LogP contribution in [0.4, 0.5) is 4.39 Å². The Hall–Kier alpha value is -3.12.